The number of aliphatic hydroxyl groups is 1. The molecule has 1 aromatic carbocycles. The molecule has 0 fully saturated rings. The average Bonchev–Trinajstić information content (AvgIpc) is 2.38. The summed E-state index contributed by atoms with van der Waals surface area (Å²) >= 11 is 5.24. The first kappa shape index (κ1) is 13.4. The van der Waals surface area contributed by atoms with Gasteiger partial charge in [-0.15, -0.1) is 0 Å². The molecule has 0 spiro atoms. The lowest BCUT2D eigenvalue weighted by Crippen LogP contribution is -2.37. The number of benzene rings is 1. The van der Waals surface area contributed by atoms with E-state index in [1.807, 2.05) is 0 Å². The second kappa shape index (κ2) is 4.56. The van der Waals surface area contributed by atoms with E-state index >= 15 is 0 Å². The number of nitriles is 1. The fraction of sp³-hybridized carbons (Fsp3) is 0.286. The number of hydrogen-bond acceptors (Lipinski definition) is 4. The van der Waals surface area contributed by atoms with Crippen LogP contribution in [-0.2, 0) is 0 Å². The van der Waals surface area contributed by atoms with Gasteiger partial charge in [-0.1, -0.05) is 12.2 Å². The molecule has 0 aromatic heterocycles. The van der Waals surface area contributed by atoms with Crippen molar-refractivity contribution in [1.82, 2.24) is 5.32 Å². The molecule has 0 saturated heterocycles. The van der Waals surface area contributed by atoms with Crippen LogP contribution in [0.25, 0.3) is 5.57 Å². The van der Waals surface area contributed by atoms with Crippen molar-refractivity contribution in [3.05, 3.63) is 35.1 Å². The number of ether oxygens (including phenoxy) is 1. The highest BCUT2D eigenvalue weighted by atomic mass is 32.1. The van der Waals surface area contributed by atoms with Crippen LogP contribution < -0.4 is 10.1 Å². The molecular weight excluding hydrogens is 260 g/mol. The lowest BCUT2D eigenvalue weighted by Gasteiger charge is -2.34. The van der Waals surface area contributed by atoms with Gasteiger partial charge in [0.25, 0.3) is 0 Å². The molecule has 2 rings (SSSR count). The molecule has 1 aliphatic rings. The zero-order valence-electron chi connectivity index (χ0n) is 10.9. The van der Waals surface area contributed by atoms with E-state index in [0.29, 0.717) is 27.4 Å². The largest absolute Gasteiger partial charge is 0.507 e. The van der Waals surface area contributed by atoms with Crippen LogP contribution in [0.2, 0.25) is 0 Å². The van der Waals surface area contributed by atoms with E-state index in [1.54, 1.807) is 39.1 Å². The lowest BCUT2D eigenvalue weighted by molar-refractivity contribution is 0.0927. The van der Waals surface area contributed by atoms with Crippen LogP contribution in [-0.4, -0.2) is 22.7 Å². The minimum absolute atomic E-state index is 0.0643. The number of fused-ring (bicyclic) bond motifs is 1. The summed E-state index contributed by atoms with van der Waals surface area (Å²) in [5.74, 6) is 0.670. The van der Waals surface area contributed by atoms with E-state index in [2.05, 4.69) is 11.4 Å². The van der Waals surface area contributed by atoms with Gasteiger partial charge in [0, 0.05) is 12.6 Å². The Balaban J connectivity index is 2.72. The average molecular weight is 274 g/mol. The number of nitrogens with zero attached hydrogens (tertiary/aromatic N) is 1. The Morgan fingerprint density at radius 2 is 2.16 bits per heavy atom. The minimum Gasteiger partial charge on any atom is -0.507 e. The van der Waals surface area contributed by atoms with Gasteiger partial charge < -0.3 is 15.2 Å². The molecule has 0 bridgehead atoms. The fourth-order valence-corrected chi connectivity index (χ4v) is 2.20. The van der Waals surface area contributed by atoms with Gasteiger partial charge >= 0.3 is 0 Å². The van der Waals surface area contributed by atoms with E-state index in [9.17, 15) is 5.11 Å². The fourth-order valence-electron chi connectivity index (χ4n) is 1.99. The number of thiocarbonyl (C=S) groups is 1. The van der Waals surface area contributed by atoms with Crippen molar-refractivity contribution < 1.29 is 9.84 Å². The van der Waals surface area contributed by atoms with E-state index in [4.69, 9.17) is 22.2 Å². The van der Waals surface area contributed by atoms with Crippen molar-refractivity contribution in [2.24, 2.45) is 0 Å². The van der Waals surface area contributed by atoms with Crippen molar-refractivity contribution in [3.63, 3.8) is 0 Å². The Bertz CT molecular complexity index is 627. The molecule has 0 radical (unpaired) electrons. The van der Waals surface area contributed by atoms with E-state index in [0.717, 1.165) is 0 Å². The van der Waals surface area contributed by atoms with E-state index in [-0.39, 0.29) is 5.76 Å². The number of aliphatic hydroxyl groups excluding tert-OH is 1. The highest BCUT2D eigenvalue weighted by Gasteiger charge is 2.36. The maximum absolute atomic E-state index is 10.4. The summed E-state index contributed by atoms with van der Waals surface area (Å²) in [5.41, 5.74) is 0.791. The van der Waals surface area contributed by atoms with E-state index in [1.165, 1.54) is 0 Å². The van der Waals surface area contributed by atoms with Crippen LogP contribution in [0.4, 0.5) is 0 Å². The smallest absolute Gasteiger partial charge is 0.160 e. The summed E-state index contributed by atoms with van der Waals surface area (Å²) in [7, 11) is 1.69. The predicted octanol–water partition coefficient (Wildman–Crippen LogP) is 2.55. The Morgan fingerprint density at radius 1 is 1.47 bits per heavy atom. The Kier molecular flexibility index (Phi) is 3.21. The molecular formula is C14H14N2O2S. The molecule has 0 amide bonds. The highest BCUT2D eigenvalue weighted by Crippen LogP contribution is 2.40. The summed E-state index contributed by atoms with van der Waals surface area (Å²) in [6.45, 7) is 3.53. The maximum atomic E-state index is 10.4. The molecule has 0 aliphatic carbocycles. The van der Waals surface area contributed by atoms with Crippen LogP contribution >= 0.6 is 12.2 Å². The first-order valence-electron chi connectivity index (χ1n) is 5.80. The van der Waals surface area contributed by atoms with Gasteiger partial charge in [-0.05, 0) is 32.0 Å². The molecule has 1 heterocycles. The van der Waals surface area contributed by atoms with Gasteiger partial charge in [0.2, 0.25) is 0 Å². The van der Waals surface area contributed by atoms with Gasteiger partial charge in [0.1, 0.15) is 16.5 Å². The van der Waals surface area contributed by atoms with E-state index < -0.39 is 5.60 Å². The summed E-state index contributed by atoms with van der Waals surface area (Å²) in [6, 6.07) is 7.13. The molecule has 4 nitrogen and oxygen atoms in total. The summed E-state index contributed by atoms with van der Waals surface area (Å²) < 4.78 is 5.75. The molecule has 1 aromatic rings. The quantitative estimate of drug-likeness (QED) is 0.770. The molecule has 19 heavy (non-hydrogen) atoms. The van der Waals surface area contributed by atoms with Gasteiger partial charge in [0.05, 0.1) is 17.2 Å². The number of likely N-dealkylation sites (N-methyl/N-ethyl adjacent to an activating group) is 1. The minimum atomic E-state index is -0.850. The molecule has 5 heteroatoms. The monoisotopic (exact) mass is 274 g/mol. The van der Waals surface area contributed by atoms with Crippen LogP contribution in [0, 0.1) is 11.3 Å². The van der Waals surface area contributed by atoms with Crippen LogP contribution in [0.3, 0.4) is 0 Å². The number of hydrogen-bond donors (Lipinski definition) is 2. The number of rotatable bonds is 1. The Hall–Kier alpha value is -2.06. The highest BCUT2D eigenvalue weighted by molar-refractivity contribution is 7.81. The van der Waals surface area contributed by atoms with Crippen LogP contribution in [0.15, 0.2) is 24.0 Å². The molecule has 98 valence electrons. The van der Waals surface area contributed by atoms with Crippen molar-refractivity contribution in [2.75, 3.05) is 7.05 Å². The van der Waals surface area contributed by atoms with Gasteiger partial charge in [0.15, 0.2) is 5.60 Å². The predicted molar refractivity (Wildman–Crippen MR) is 77.1 cm³/mol. The zero-order valence-corrected chi connectivity index (χ0v) is 11.8. The van der Waals surface area contributed by atoms with Gasteiger partial charge in [-0.25, -0.2) is 0 Å². The maximum Gasteiger partial charge on any atom is 0.160 e. The lowest BCUT2D eigenvalue weighted by atomic mass is 9.91. The van der Waals surface area contributed by atoms with Crippen molar-refractivity contribution in [1.29, 1.82) is 5.26 Å². The summed E-state index contributed by atoms with van der Waals surface area (Å²) in [5, 5.41) is 22.2. The second-order valence-electron chi connectivity index (χ2n) is 4.74. The van der Waals surface area contributed by atoms with Gasteiger partial charge in [-0.3, -0.25) is 0 Å². The Morgan fingerprint density at radius 3 is 2.74 bits per heavy atom. The third kappa shape index (κ3) is 2.15. The normalized spacial score (nSPS) is 16.1. The summed E-state index contributed by atoms with van der Waals surface area (Å²) in [4.78, 5) is 0.421. The molecule has 1 aliphatic heterocycles. The second-order valence-corrected chi connectivity index (χ2v) is 5.15. The Labute approximate surface area is 117 Å². The molecule has 0 atom stereocenters. The molecule has 0 unspecified atom stereocenters. The van der Waals surface area contributed by atoms with Gasteiger partial charge in [-0.2, -0.15) is 5.26 Å². The first-order chi connectivity index (χ1) is 8.90. The van der Waals surface area contributed by atoms with Crippen LogP contribution in [0.5, 0.6) is 5.75 Å². The zero-order chi connectivity index (χ0) is 14.2. The molecule has 0 saturated carbocycles. The van der Waals surface area contributed by atoms with Crippen molar-refractivity contribution >= 4 is 22.8 Å². The third-order valence-electron chi connectivity index (χ3n) is 3.00. The summed E-state index contributed by atoms with van der Waals surface area (Å²) in [6.07, 6.45) is 0. The van der Waals surface area contributed by atoms with Crippen molar-refractivity contribution in [2.45, 2.75) is 19.4 Å². The SMILES string of the molecule is CNC(=S)C1=C(O)C(C)(C)Oc2ccc(C#N)cc21. The number of nitrogens with one attached hydrogen (secondary N) is 1. The first-order valence-corrected chi connectivity index (χ1v) is 6.21. The molecule has 2 N–H and O–H groups in total. The topological polar surface area (TPSA) is 65.3 Å². The third-order valence-corrected chi connectivity index (χ3v) is 3.41. The van der Waals surface area contributed by atoms with Crippen LogP contribution in [0.1, 0.15) is 25.0 Å². The standard InChI is InChI=1S/C14H14N2O2S/c1-14(2)12(17)11(13(19)16-3)9-6-8(7-15)4-5-10(9)18-14/h4-6,17H,1-3H3,(H,16,19). The van der Waals surface area contributed by atoms with Crippen molar-refractivity contribution in [3.8, 4) is 11.8 Å².